The van der Waals surface area contributed by atoms with Gasteiger partial charge in [0.2, 0.25) is 0 Å². The molecule has 0 amide bonds. The van der Waals surface area contributed by atoms with Gasteiger partial charge in [-0.25, -0.2) is 4.98 Å². The van der Waals surface area contributed by atoms with Crippen LogP contribution in [0.25, 0.3) is 16.8 Å². The molecule has 2 aromatic carbocycles. The van der Waals surface area contributed by atoms with E-state index in [4.69, 9.17) is 16.3 Å². The molecule has 0 unspecified atom stereocenters. The van der Waals surface area contributed by atoms with Gasteiger partial charge in [0.15, 0.2) is 0 Å². The van der Waals surface area contributed by atoms with Crippen LogP contribution in [0.2, 0.25) is 5.02 Å². The maximum atomic E-state index is 13.0. The third-order valence-electron chi connectivity index (χ3n) is 3.88. The Morgan fingerprint density at radius 2 is 2.07 bits per heavy atom. The second-order valence-corrected chi connectivity index (χ2v) is 7.04. The molecule has 1 N–H and O–H groups in total. The van der Waals surface area contributed by atoms with Gasteiger partial charge >= 0.3 is 6.18 Å². The number of aromatic nitrogens is 1. The van der Waals surface area contributed by atoms with Gasteiger partial charge in [0, 0.05) is 22.8 Å². The second kappa shape index (κ2) is 8.55. The molecule has 0 spiro atoms. The van der Waals surface area contributed by atoms with E-state index in [0.29, 0.717) is 16.5 Å². The van der Waals surface area contributed by atoms with Crippen molar-refractivity contribution in [3.8, 4) is 23.1 Å². The topological polar surface area (TPSA) is 57.9 Å². The summed E-state index contributed by atoms with van der Waals surface area (Å²) < 4.78 is 44.1. The van der Waals surface area contributed by atoms with E-state index in [-0.39, 0.29) is 11.3 Å². The van der Waals surface area contributed by atoms with E-state index >= 15 is 0 Å². The number of nitrogens with one attached hydrogen (secondary N) is 1. The summed E-state index contributed by atoms with van der Waals surface area (Å²) in [6.45, 7) is 0. The molecule has 0 aliphatic carbocycles. The van der Waals surface area contributed by atoms with E-state index in [1.54, 1.807) is 12.5 Å². The van der Waals surface area contributed by atoms with Crippen molar-refractivity contribution in [1.82, 2.24) is 4.98 Å². The zero-order valence-electron chi connectivity index (χ0n) is 14.9. The molecule has 0 aliphatic heterocycles. The van der Waals surface area contributed by atoms with Crippen LogP contribution in [0.15, 0.2) is 54.0 Å². The molecule has 3 aromatic rings. The normalized spacial score (nSPS) is 11.8. The van der Waals surface area contributed by atoms with Crippen LogP contribution < -0.4 is 10.1 Å². The van der Waals surface area contributed by atoms with Gasteiger partial charge in [-0.15, -0.1) is 11.3 Å². The zero-order chi connectivity index (χ0) is 21.0. The smallest absolute Gasteiger partial charge is 0.417 e. The van der Waals surface area contributed by atoms with Crippen molar-refractivity contribution >= 4 is 34.2 Å². The molecular weight excluding hydrogens is 423 g/mol. The number of allylic oxidation sites excluding steroid dienone is 1. The Hall–Kier alpha value is -3.02. The van der Waals surface area contributed by atoms with Gasteiger partial charge in [-0.05, 0) is 30.3 Å². The van der Waals surface area contributed by atoms with E-state index < -0.39 is 16.8 Å². The molecule has 9 heteroatoms. The molecule has 0 atom stereocenters. The quantitative estimate of drug-likeness (QED) is 0.467. The summed E-state index contributed by atoms with van der Waals surface area (Å²) in [4.78, 5) is 4.44. The molecule has 148 valence electrons. The molecule has 1 aromatic heterocycles. The molecule has 3 rings (SSSR count). The highest BCUT2D eigenvalue weighted by Gasteiger charge is 2.33. The van der Waals surface area contributed by atoms with Crippen LogP contribution >= 0.6 is 22.9 Å². The number of thiazole rings is 1. The van der Waals surface area contributed by atoms with Crippen LogP contribution in [0.1, 0.15) is 10.6 Å². The van der Waals surface area contributed by atoms with E-state index in [2.05, 4.69) is 10.3 Å². The highest BCUT2D eigenvalue weighted by molar-refractivity contribution is 7.11. The lowest BCUT2D eigenvalue weighted by molar-refractivity contribution is -0.137. The van der Waals surface area contributed by atoms with Gasteiger partial charge in [0.1, 0.15) is 22.4 Å². The Morgan fingerprint density at radius 1 is 1.28 bits per heavy atom. The van der Waals surface area contributed by atoms with Crippen LogP contribution in [0.3, 0.4) is 0 Å². The Balaban J connectivity index is 1.85. The fourth-order valence-corrected chi connectivity index (χ4v) is 3.46. The van der Waals surface area contributed by atoms with Crippen LogP contribution in [0.5, 0.6) is 5.75 Å². The summed E-state index contributed by atoms with van der Waals surface area (Å²) in [6, 6.07) is 12.8. The average Bonchev–Trinajstić information content (AvgIpc) is 3.19. The number of benzene rings is 2. The SMILES string of the molecule is COc1cccc(-c2csc(/C(C#N)=C/Nc3ccc(Cl)c(C(F)(F)F)c3)n2)c1. The third-order valence-corrected chi connectivity index (χ3v) is 5.08. The molecule has 0 aliphatic rings. The number of nitriles is 1. The first-order valence-electron chi connectivity index (χ1n) is 8.15. The average molecular weight is 436 g/mol. The molecule has 0 bridgehead atoms. The number of rotatable bonds is 5. The first-order valence-corrected chi connectivity index (χ1v) is 9.41. The summed E-state index contributed by atoms with van der Waals surface area (Å²) in [5.41, 5.74) is 0.873. The van der Waals surface area contributed by atoms with E-state index in [1.165, 1.54) is 23.6 Å². The minimum absolute atomic E-state index is 0.152. The molecule has 0 fully saturated rings. The maximum absolute atomic E-state index is 13.0. The van der Waals surface area contributed by atoms with Crippen molar-refractivity contribution in [1.29, 1.82) is 5.26 Å². The van der Waals surface area contributed by atoms with Crippen LogP contribution in [-0.2, 0) is 6.18 Å². The van der Waals surface area contributed by atoms with E-state index in [1.807, 2.05) is 30.3 Å². The number of hydrogen-bond donors (Lipinski definition) is 1. The molecule has 0 saturated heterocycles. The molecule has 0 radical (unpaired) electrons. The van der Waals surface area contributed by atoms with Crippen molar-refractivity contribution in [3.63, 3.8) is 0 Å². The highest BCUT2D eigenvalue weighted by atomic mass is 35.5. The van der Waals surface area contributed by atoms with E-state index in [0.717, 1.165) is 17.7 Å². The fourth-order valence-electron chi connectivity index (χ4n) is 2.44. The summed E-state index contributed by atoms with van der Waals surface area (Å²) in [7, 11) is 1.56. The summed E-state index contributed by atoms with van der Waals surface area (Å²) in [6.07, 6.45) is -3.25. The molecule has 29 heavy (non-hydrogen) atoms. The zero-order valence-corrected chi connectivity index (χ0v) is 16.5. The van der Waals surface area contributed by atoms with E-state index in [9.17, 15) is 18.4 Å². The lowest BCUT2D eigenvalue weighted by atomic mass is 10.1. The number of ether oxygens (including phenoxy) is 1. The van der Waals surface area contributed by atoms with Gasteiger partial charge in [0.05, 0.1) is 23.4 Å². The minimum atomic E-state index is -4.57. The van der Waals surface area contributed by atoms with Crippen molar-refractivity contribution in [2.75, 3.05) is 12.4 Å². The highest BCUT2D eigenvalue weighted by Crippen LogP contribution is 2.36. The predicted molar refractivity (Wildman–Crippen MR) is 108 cm³/mol. The minimum Gasteiger partial charge on any atom is -0.497 e. The van der Waals surface area contributed by atoms with Gasteiger partial charge < -0.3 is 10.1 Å². The standard InChI is InChI=1S/C20H13ClF3N3OS/c1-28-15-4-2-3-12(7-15)18-11-29-19(27-18)13(9-25)10-26-14-5-6-17(21)16(8-14)20(22,23)24/h2-8,10-11,26H,1H3/b13-10+. The third kappa shape index (κ3) is 4.88. The lowest BCUT2D eigenvalue weighted by Crippen LogP contribution is -2.06. The fraction of sp³-hybridized carbons (Fsp3) is 0.100. The molecule has 1 heterocycles. The first kappa shape index (κ1) is 20.7. The summed E-state index contributed by atoms with van der Waals surface area (Å²) in [5.74, 6) is 0.679. The molecule has 4 nitrogen and oxygen atoms in total. The first-order chi connectivity index (χ1) is 13.8. The molecular formula is C20H13ClF3N3OS. The van der Waals surface area contributed by atoms with Crippen molar-refractivity contribution in [2.45, 2.75) is 6.18 Å². The monoisotopic (exact) mass is 435 g/mol. The van der Waals surface area contributed by atoms with Crippen LogP contribution in [0, 0.1) is 11.3 Å². The van der Waals surface area contributed by atoms with Crippen molar-refractivity contribution in [2.24, 2.45) is 0 Å². The number of halogens is 4. The van der Waals surface area contributed by atoms with Crippen LogP contribution in [0.4, 0.5) is 18.9 Å². The van der Waals surface area contributed by atoms with Gasteiger partial charge in [-0.2, -0.15) is 18.4 Å². The maximum Gasteiger partial charge on any atom is 0.417 e. The van der Waals surface area contributed by atoms with Crippen molar-refractivity contribution in [3.05, 3.63) is 69.6 Å². The summed E-state index contributed by atoms with van der Waals surface area (Å²) in [5, 5.41) is 14.0. The predicted octanol–water partition coefficient (Wildman–Crippen LogP) is 6.47. The Bertz CT molecular complexity index is 1100. The van der Waals surface area contributed by atoms with Crippen molar-refractivity contribution < 1.29 is 17.9 Å². The Labute approximate surface area is 173 Å². The Morgan fingerprint density at radius 3 is 2.76 bits per heavy atom. The molecule has 0 saturated carbocycles. The largest absolute Gasteiger partial charge is 0.497 e. The number of hydrogen-bond acceptors (Lipinski definition) is 5. The van der Waals surface area contributed by atoms with Gasteiger partial charge in [-0.1, -0.05) is 23.7 Å². The summed E-state index contributed by atoms with van der Waals surface area (Å²) >= 11 is 6.87. The number of anilines is 1. The number of methoxy groups -OCH3 is 1. The van der Waals surface area contributed by atoms with Gasteiger partial charge in [0.25, 0.3) is 0 Å². The lowest BCUT2D eigenvalue weighted by Gasteiger charge is -2.10. The second-order valence-electron chi connectivity index (χ2n) is 5.78. The number of nitrogens with zero attached hydrogens (tertiary/aromatic N) is 2. The van der Waals surface area contributed by atoms with Gasteiger partial charge in [-0.3, -0.25) is 0 Å². The number of alkyl halides is 3. The van der Waals surface area contributed by atoms with Crippen LogP contribution in [-0.4, -0.2) is 12.1 Å². The Kier molecular flexibility index (Phi) is 6.11.